The van der Waals surface area contributed by atoms with Gasteiger partial charge in [-0.05, 0) is 19.9 Å². The summed E-state index contributed by atoms with van der Waals surface area (Å²) < 4.78 is 1.55. The lowest BCUT2D eigenvalue weighted by Crippen LogP contribution is -2.50. The second-order valence-corrected chi connectivity index (χ2v) is 5.28. The van der Waals surface area contributed by atoms with Gasteiger partial charge < -0.3 is 4.90 Å². The summed E-state index contributed by atoms with van der Waals surface area (Å²) >= 11 is 0. The van der Waals surface area contributed by atoms with Gasteiger partial charge in [-0.2, -0.15) is 5.10 Å². The lowest BCUT2D eigenvalue weighted by molar-refractivity contribution is 0.331. The molecule has 3 rings (SSSR count). The van der Waals surface area contributed by atoms with Crippen molar-refractivity contribution in [2.24, 2.45) is 5.92 Å². The van der Waals surface area contributed by atoms with Gasteiger partial charge in [0.05, 0.1) is 30.3 Å². The van der Waals surface area contributed by atoms with Crippen LogP contribution in [0.3, 0.4) is 0 Å². The van der Waals surface area contributed by atoms with Gasteiger partial charge >= 0.3 is 0 Å². The summed E-state index contributed by atoms with van der Waals surface area (Å²) in [5.41, 5.74) is 1.75. The fourth-order valence-electron chi connectivity index (χ4n) is 2.35. The molecule has 0 aromatic carbocycles. The van der Waals surface area contributed by atoms with Crippen molar-refractivity contribution in [2.75, 3.05) is 18.0 Å². The highest BCUT2D eigenvalue weighted by Crippen LogP contribution is 2.22. The van der Waals surface area contributed by atoms with Crippen LogP contribution in [0.1, 0.15) is 11.4 Å². The molecule has 2 aromatic rings. The van der Waals surface area contributed by atoms with E-state index in [1.807, 2.05) is 13.8 Å². The molecule has 104 valence electrons. The standard InChI is InChI=1S/C14H17N5O/c1-10-3-4-14(20)19(17-10)9-12-7-18(8-12)13-6-15-11(2)5-16-13/h3-6,12H,7-9H2,1-2H3. The fourth-order valence-corrected chi connectivity index (χ4v) is 2.35. The Bertz CT molecular complexity index is 658. The summed E-state index contributed by atoms with van der Waals surface area (Å²) in [7, 11) is 0. The van der Waals surface area contributed by atoms with Gasteiger partial charge in [0.25, 0.3) is 5.56 Å². The Hall–Kier alpha value is -2.24. The molecular formula is C14H17N5O. The first-order chi connectivity index (χ1) is 9.61. The van der Waals surface area contributed by atoms with Gasteiger partial charge in [0.15, 0.2) is 0 Å². The van der Waals surface area contributed by atoms with E-state index in [-0.39, 0.29) is 5.56 Å². The number of nitrogens with zero attached hydrogens (tertiary/aromatic N) is 5. The number of aryl methyl sites for hydroxylation is 2. The van der Waals surface area contributed by atoms with Crippen molar-refractivity contribution in [3.63, 3.8) is 0 Å². The smallest absolute Gasteiger partial charge is 0.266 e. The van der Waals surface area contributed by atoms with E-state index in [1.165, 1.54) is 0 Å². The maximum atomic E-state index is 11.7. The van der Waals surface area contributed by atoms with Gasteiger partial charge in [-0.3, -0.25) is 9.78 Å². The lowest BCUT2D eigenvalue weighted by atomic mass is 10.0. The highest BCUT2D eigenvalue weighted by atomic mass is 16.1. The minimum Gasteiger partial charge on any atom is -0.355 e. The number of hydrogen-bond acceptors (Lipinski definition) is 5. The largest absolute Gasteiger partial charge is 0.355 e. The minimum absolute atomic E-state index is 0.0378. The Balaban J connectivity index is 1.62. The highest BCUT2D eigenvalue weighted by molar-refractivity contribution is 5.39. The van der Waals surface area contributed by atoms with E-state index in [2.05, 4.69) is 20.0 Å². The van der Waals surface area contributed by atoms with E-state index in [1.54, 1.807) is 29.2 Å². The van der Waals surface area contributed by atoms with Crippen molar-refractivity contribution < 1.29 is 0 Å². The molecule has 2 aromatic heterocycles. The zero-order valence-electron chi connectivity index (χ0n) is 11.7. The molecule has 0 bridgehead atoms. The maximum absolute atomic E-state index is 11.7. The van der Waals surface area contributed by atoms with Crippen molar-refractivity contribution in [1.82, 2.24) is 19.7 Å². The average molecular weight is 271 g/mol. The molecule has 0 radical (unpaired) electrons. The number of aromatic nitrogens is 4. The van der Waals surface area contributed by atoms with E-state index in [0.717, 1.165) is 30.3 Å². The van der Waals surface area contributed by atoms with Crippen LogP contribution in [-0.4, -0.2) is 32.8 Å². The summed E-state index contributed by atoms with van der Waals surface area (Å²) in [5, 5.41) is 4.26. The van der Waals surface area contributed by atoms with Crippen LogP contribution in [0.4, 0.5) is 5.82 Å². The molecule has 1 aliphatic rings. The maximum Gasteiger partial charge on any atom is 0.266 e. The molecule has 20 heavy (non-hydrogen) atoms. The molecule has 6 heteroatoms. The van der Waals surface area contributed by atoms with Gasteiger partial charge in [0, 0.05) is 25.1 Å². The topological polar surface area (TPSA) is 63.9 Å². The zero-order chi connectivity index (χ0) is 14.1. The molecule has 1 fully saturated rings. The summed E-state index contributed by atoms with van der Waals surface area (Å²) in [5.74, 6) is 1.33. The van der Waals surface area contributed by atoms with Crippen molar-refractivity contribution >= 4 is 5.82 Å². The molecule has 0 spiro atoms. The summed E-state index contributed by atoms with van der Waals surface area (Å²) in [4.78, 5) is 22.5. The Kier molecular flexibility index (Phi) is 3.22. The van der Waals surface area contributed by atoms with E-state index < -0.39 is 0 Å². The Morgan fingerprint density at radius 2 is 1.95 bits per heavy atom. The fraction of sp³-hybridized carbons (Fsp3) is 0.429. The molecule has 0 amide bonds. The second kappa shape index (κ2) is 5.03. The minimum atomic E-state index is -0.0378. The van der Waals surface area contributed by atoms with Crippen LogP contribution >= 0.6 is 0 Å². The van der Waals surface area contributed by atoms with Crippen molar-refractivity contribution in [2.45, 2.75) is 20.4 Å². The third kappa shape index (κ3) is 2.54. The highest BCUT2D eigenvalue weighted by Gasteiger charge is 2.28. The Morgan fingerprint density at radius 1 is 1.15 bits per heavy atom. The molecule has 0 saturated carbocycles. The molecular weight excluding hydrogens is 254 g/mol. The zero-order valence-corrected chi connectivity index (χ0v) is 11.7. The first-order valence-electron chi connectivity index (χ1n) is 6.70. The van der Waals surface area contributed by atoms with Crippen LogP contribution in [0.25, 0.3) is 0 Å². The van der Waals surface area contributed by atoms with Crippen molar-refractivity contribution in [1.29, 1.82) is 0 Å². The number of anilines is 1. The SMILES string of the molecule is Cc1cnc(N2CC(Cn3nc(C)ccc3=O)C2)cn1. The first kappa shape index (κ1) is 12.8. The number of rotatable bonds is 3. The molecule has 3 heterocycles. The molecule has 1 saturated heterocycles. The Labute approximate surface area is 117 Å². The third-order valence-electron chi connectivity index (χ3n) is 3.48. The van der Waals surface area contributed by atoms with E-state index in [0.29, 0.717) is 12.5 Å². The van der Waals surface area contributed by atoms with Crippen LogP contribution < -0.4 is 10.5 Å². The summed E-state index contributed by atoms with van der Waals surface area (Å²) in [6, 6.07) is 3.32. The van der Waals surface area contributed by atoms with Gasteiger partial charge in [-0.1, -0.05) is 0 Å². The van der Waals surface area contributed by atoms with E-state index in [9.17, 15) is 4.79 Å². The van der Waals surface area contributed by atoms with E-state index in [4.69, 9.17) is 0 Å². The molecule has 0 atom stereocenters. The van der Waals surface area contributed by atoms with Crippen LogP contribution in [0.2, 0.25) is 0 Å². The van der Waals surface area contributed by atoms with Gasteiger partial charge in [0.1, 0.15) is 5.82 Å². The van der Waals surface area contributed by atoms with Gasteiger partial charge in [0.2, 0.25) is 0 Å². The molecule has 6 nitrogen and oxygen atoms in total. The van der Waals surface area contributed by atoms with Crippen LogP contribution in [0.15, 0.2) is 29.3 Å². The Morgan fingerprint density at radius 3 is 2.65 bits per heavy atom. The second-order valence-electron chi connectivity index (χ2n) is 5.28. The predicted octanol–water partition coefficient (Wildman–Crippen LogP) is 0.787. The lowest BCUT2D eigenvalue weighted by Gasteiger charge is -2.39. The molecule has 0 aliphatic carbocycles. The van der Waals surface area contributed by atoms with Crippen LogP contribution in [0.5, 0.6) is 0 Å². The predicted molar refractivity (Wildman–Crippen MR) is 75.7 cm³/mol. The van der Waals surface area contributed by atoms with Crippen molar-refractivity contribution in [3.05, 3.63) is 46.3 Å². The normalized spacial score (nSPS) is 15.2. The summed E-state index contributed by atoms with van der Waals surface area (Å²) in [6.45, 7) is 6.26. The van der Waals surface area contributed by atoms with E-state index >= 15 is 0 Å². The number of hydrogen-bond donors (Lipinski definition) is 0. The third-order valence-corrected chi connectivity index (χ3v) is 3.48. The quantitative estimate of drug-likeness (QED) is 0.825. The van der Waals surface area contributed by atoms with Gasteiger partial charge in [-0.25, -0.2) is 9.67 Å². The average Bonchev–Trinajstić information content (AvgIpc) is 2.39. The van der Waals surface area contributed by atoms with Gasteiger partial charge in [-0.15, -0.1) is 0 Å². The molecule has 1 aliphatic heterocycles. The summed E-state index contributed by atoms with van der Waals surface area (Å²) in [6.07, 6.45) is 3.57. The first-order valence-corrected chi connectivity index (χ1v) is 6.70. The molecule has 0 unspecified atom stereocenters. The monoisotopic (exact) mass is 271 g/mol. The van der Waals surface area contributed by atoms with Crippen LogP contribution in [0, 0.1) is 19.8 Å². The van der Waals surface area contributed by atoms with Crippen LogP contribution in [-0.2, 0) is 6.54 Å². The molecule has 0 N–H and O–H groups in total. The van der Waals surface area contributed by atoms with Crippen molar-refractivity contribution in [3.8, 4) is 0 Å².